The molecule has 2 N–H and O–H groups in total. The average Bonchev–Trinajstić information content (AvgIpc) is 2.62. The molecule has 2 amide bonds. The molecule has 0 unspecified atom stereocenters. The number of amides is 2. The van der Waals surface area contributed by atoms with Crippen LogP contribution in [-0.4, -0.2) is 52.9 Å². The number of aromatic nitrogens is 2. The van der Waals surface area contributed by atoms with Crippen molar-refractivity contribution in [1.29, 1.82) is 0 Å². The molecule has 1 aromatic carbocycles. The summed E-state index contributed by atoms with van der Waals surface area (Å²) in [4.78, 5) is 35.8. The topological polar surface area (TPSA) is 92.4 Å². The van der Waals surface area contributed by atoms with E-state index in [1.54, 1.807) is 47.6 Å². The molecule has 0 bridgehead atoms. The number of nitrogens with two attached hydrogens (primary N) is 1. The number of carbonyl (C=O) groups is 2. The fourth-order valence-corrected chi connectivity index (χ4v) is 2.52. The molecular formula is C16H17N5O2. The predicted molar refractivity (Wildman–Crippen MR) is 85.1 cm³/mol. The number of benzene rings is 1. The van der Waals surface area contributed by atoms with Crippen LogP contribution in [-0.2, 0) is 0 Å². The first kappa shape index (κ1) is 15.0. The van der Waals surface area contributed by atoms with Crippen molar-refractivity contribution in [2.75, 3.05) is 31.1 Å². The van der Waals surface area contributed by atoms with Gasteiger partial charge in [-0.15, -0.1) is 0 Å². The van der Waals surface area contributed by atoms with Crippen LogP contribution >= 0.6 is 0 Å². The zero-order valence-corrected chi connectivity index (χ0v) is 12.6. The van der Waals surface area contributed by atoms with Crippen molar-refractivity contribution in [3.63, 3.8) is 0 Å². The second-order valence-corrected chi connectivity index (χ2v) is 5.27. The fraction of sp³-hybridized carbons (Fsp3) is 0.250. The maximum absolute atomic E-state index is 12.5. The Morgan fingerprint density at radius 2 is 1.48 bits per heavy atom. The Bertz CT molecular complexity index is 694. The summed E-state index contributed by atoms with van der Waals surface area (Å²) in [6, 6.07) is 8.19. The van der Waals surface area contributed by atoms with Gasteiger partial charge in [-0.2, -0.15) is 0 Å². The lowest BCUT2D eigenvalue weighted by atomic mass is 10.1. The minimum atomic E-state index is -0.500. The van der Waals surface area contributed by atoms with Crippen molar-refractivity contribution in [3.8, 4) is 0 Å². The number of anilines is 1. The van der Waals surface area contributed by atoms with E-state index in [0.29, 0.717) is 43.3 Å². The number of hydrogen-bond donors (Lipinski definition) is 1. The first-order valence-corrected chi connectivity index (χ1v) is 7.36. The molecule has 0 atom stereocenters. The van der Waals surface area contributed by atoms with Gasteiger partial charge in [0.05, 0.1) is 0 Å². The van der Waals surface area contributed by atoms with Crippen LogP contribution < -0.4 is 10.6 Å². The van der Waals surface area contributed by atoms with E-state index < -0.39 is 5.91 Å². The quantitative estimate of drug-likeness (QED) is 0.893. The zero-order valence-electron chi connectivity index (χ0n) is 12.6. The van der Waals surface area contributed by atoms with Gasteiger partial charge in [-0.3, -0.25) is 9.59 Å². The largest absolute Gasteiger partial charge is 0.366 e. The van der Waals surface area contributed by atoms with Gasteiger partial charge in [0.25, 0.3) is 5.91 Å². The first-order chi connectivity index (χ1) is 11.1. The molecule has 7 nitrogen and oxygen atoms in total. The van der Waals surface area contributed by atoms with E-state index in [-0.39, 0.29) is 5.91 Å². The van der Waals surface area contributed by atoms with Gasteiger partial charge in [-0.1, -0.05) is 0 Å². The van der Waals surface area contributed by atoms with Crippen molar-refractivity contribution >= 4 is 17.8 Å². The van der Waals surface area contributed by atoms with Gasteiger partial charge in [-0.25, -0.2) is 9.97 Å². The molecule has 3 rings (SSSR count). The molecule has 0 aliphatic carbocycles. The second kappa shape index (κ2) is 6.43. The van der Waals surface area contributed by atoms with Crippen LogP contribution in [0.3, 0.4) is 0 Å². The van der Waals surface area contributed by atoms with Gasteiger partial charge < -0.3 is 15.5 Å². The second-order valence-electron chi connectivity index (χ2n) is 5.27. The lowest BCUT2D eigenvalue weighted by Gasteiger charge is -2.34. The highest BCUT2D eigenvalue weighted by molar-refractivity contribution is 5.97. The summed E-state index contributed by atoms with van der Waals surface area (Å²) >= 11 is 0. The smallest absolute Gasteiger partial charge is 0.253 e. The molecule has 1 fully saturated rings. The van der Waals surface area contributed by atoms with Crippen molar-refractivity contribution < 1.29 is 9.59 Å². The molecule has 0 saturated carbocycles. The monoisotopic (exact) mass is 311 g/mol. The van der Waals surface area contributed by atoms with Crippen molar-refractivity contribution in [2.24, 2.45) is 5.73 Å². The summed E-state index contributed by atoms with van der Waals surface area (Å²) in [5.41, 5.74) is 6.15. The number of hydrogen-bond acceptors (Lipinski definition) is 5. The van der Waals surface area contributed by atoms with Gasteiger partial charge in [0.1, 0.15) is 0 Å². The van der Waals surface area contributed by atoms with Crippen LogP contribution in [0.5, 0.6) is 0 Å². The Hall–Kier alpha value is -2.96. The molecule has 1 aliphatic heterocycles. The van der Waals surface area contributed by atoms with E-state index in [1.807, 2.05) is 0 Å². The first-order valence-electron chi connectivity index (χ1n) is 7.36. The Labute approximate surface area is 133 Å². The molecule has 1 aromatic heterocycles. The number of piperazine rings is 1. The highest BCUT2D eigenvalue weighted by Gasteiger charge is 2.23. The van der Waals surface area contributed by atoms with E-state index in [9.17, 15) is 9.59 Å². The Morgan fingerprint density at radius 1 is 0.913 bits per heavy atom. The zero-order chi connectivity index (χ0) is 16.2. The third kappa shape index (κ3) is 3.28. The van der Waals surface area contributed by atoms with Gasteiger partial charge in [0.2, 0.25) is 11.9 Å². The van der Waals surface area contributed by atoms with Gasteiger partial charge in [0.15, 0.2) is 0 Å². The van der Waals surface area contributed by atoms with E-state index >= 15 is 0 Å². The molecular weight excluding hydrogens is 294 g/mol. The Morgan fingerprint density at radius 3 is 2.04 bits per heavy atom. The van der Waals surface area contributed by atoms with E-state index in [4.69, 9.17) is 5.73 Å². The summed E-state index contributed by atoms with van der Waals surface area (Å²) in [6.07, 6.45) is 3.42. The minimum Gasteiger partial charge on any atom is -0.366 e. The molecule has 2 aromatic rings. The molecule has 7 heteroatoms. The number of primary amides is 1. The van der Waals surface area contributed by atoms with Gasteiger partial charge in [0, 0.05) is 49.7 Å². The summed E-state index contributed by atoms with van der Waals surface area (Å²) in [6.45, 7) is 2.59. The lowest BCUT2D eigenvalue weighted by molar-refractivity contribution is 0.0745. The average molecular weight is 311 g/mol. The van der Waals surface area contributed by atoms with E-state index in [1.165, 1.54) is 0 Å². The summed E-state index contributed by atoms with van der Waals surface area (Å²) < 4.78 is 0. The lowest BCUT2D eigenvalue weighted by Crippen LogP contribution is -2.49. The fourth-order valence-electron chi connectivity index (χ4n) is 2.52. The standard InChI is InChI=1S/C16H17N5O2/c17-14(22)12-2-4-13(5-3-12)15(23)20-8-10-21(11-9-20)16-18-6-1-7-19-16/h1-7H,8-11H2,(H2,17,22). The highest BCUT2D eigenvalue weighted by atomic mass is 16.2. The highest BCUT2D eigenvalue weighted by Crippen LogP contribution is 2.13. The van der Waals surface area contributed by atoms with Crippen LogP contribution in [0.15, 0.2) is 42.7 Å². The number of carbonyl (C=O) groups excluding carboxylic acids is 2. The van der Waals surface area contributed by atoms with Crippen LogP contribution in [0.2, 0.25) is 0 Å². The van der Waals surface area contributed by atoms with E-state index in [0.717, 1.165) is 0 Å². The van der Waals surface area contributed by atoms with Crippen LogP contribution in [0, 0.1) is 0 Å². The summed E-state index contributed by atoms with van der Waals surface area (Å²) in [7, 11) is 0. The molecule has 1 saturated heterocycles. The maximum atomic E-state index is 12.5. The third-order valence-corrected chi connectivity index (χ3v) is 3.82. The van der Waals surface area contributed by atoms with Crippen molar-refractivity contribution in [1.82, 2.24) is 14.9 Å². The number of nitrogens with zero attached hydrogens (tertiary/aromatic N) is 4. The molecule has 0 radical (unpaired) electrons. The summed E-state index contributed by atoms with van der Waals surface area (Å²) in [5, 5.41) is 0. The van der Waals surface area contributed by atoms with Crippen molar-refractivity contribution in [2.45, 2.75) is 0 Å². The van der Waals surface area contributed by atoms with Gasteiger partial charge in [-0.05, 0) is 30.3 Å². The summed E-state index contributed by atoms with van der Waals surface area (Å²) in [5.74, 6) is 0.139. The SMILES string of the molecule is NC(=O)c1ccc(C(=O)N2CCN(c3ncccn3)CC2)cc1. The van der Waals surface area contributed by atoms with E-state index in [2.05, 4.69) is 14.9 Å². The maximum Gasteiger partial charge on any atom is 0.253 e. The molecule has 23 heavy (non-hydrogen) atoms. The molecule has 118 valence electrons. The Balaban J connectivity index is 1.63. The molecule has 2 heterocycles. The van der Waals surface area contributed by atoms with Gasteiger partial charge >= 0.3 is 0 Å². The van der Waals surface area contributed by atoms with Crippen LogP contribution in [0.25, 0.3) is 0 Å². The molecule has 0 spiro atoms. The predicted octanol–water partition coefficient (Wildman–Crippen LogP) is 0.538. The van der Waals surface area contributed by atoms with Crippen LogP contribution in [0.4, 0.5) is 5.95 Å². The van der Waals surface area contributed by atoms with Crippen LogP contribution in [0.1, 0.15) is 20.7 Å². The minimum absolute atomic E-state index is 0.0466. The third-order valence-electron chi connectivity index (χ3n) is 3.82. The molecule has 1 aliphatic rings. The van der Waals surface area contributed by atoms with Crippen molar-refractivity contribution in [3.05, 3.63) is 53.9 Å². The normalized spacial score (nSPS) is 14.6. The Kier molecular flexibility index (Phi) is 4.18. The number of rotatable bonds is 3.